The molecule has 2 N–H and O–H groups in total. The van der Waals surface area contributed by atoms with Gasteiger partial charge in [0.15, 0.2) is 0 Å². The molecule has 0 spiro atoms. The molecule has 0 aliphatic rings. The number of carbonyl (C=O) groups excluding carboxylic acids is 1. The summed E-state index contributed by atoms with van der Waals surface area (Å²) in [6.45, 7) is 2.09. The van der Waals surface area contributed by atoms with Gasteiger partial charge in [-0.2, -0.15) is 0 Å². The highest BCUT2D eigenvalue weighted by Gasteiger charge is 1.80. The molecule has 0 aromatic rings. The maximum atomic E-state index is 10.2. The van der Waals surface area contributed by atoms with Gasteiger partial charge in [0.2, 0.25) is 5.91 Å². The minimum absolute atomic E-state index is 0.371. The van der Waals surface area contributed by atoms with E-state index in [1.165, 1.54) is 6.08 Å². The molecule has 11 heavy (non-hydrogen) atoms. The van der Waals surface area contributed by atoms with Crippen molar-refractivity contribution in [1.29, 1.82) is 0 Å². The summed E-state index contributed by atoms with van der Waals surface area (Å²) >= 11 is 0. The minimum Gasteiger partial charge on any atom is -0.366 e. The molecule has 0 atom stereocenters. The fourth-order valence-electron chi connectivity index (χ4n) is 0.676. The first-order valence-corrected chi connectivity index (χ1v) is 3.88. The Labute approximate surface area is 67.8 Å². The average Bonchev–Trinajstić information content (AvgIpc) is 1.96. The number of primary amides is 1. The van der Waals surface area contributed by atoms with Gasteiger partial charge >= 0.3 is 0 Å². The van der Waals surface area contributed by atoms with E-state index in [2.05, 4.69) is 19.1 Å². The number of allylic oxidation sites excluding steroid dienone is 3. The van der Waals surface area contributed by atoms with E-state index in [1.807, 2.05) is 0 Å². The Hall–Kier alpha value is -1.05. The van der Waals surface area contributed by atoms with Crippen molar-refractivity contribution in [2.24, 2.45) is 5.73 Å². The van der Waals surface area contributed by atoms with E-state index in [9.17, 15) is 4.79 Å². The van der Waals surface area contributed by atoms with Crippen LogP contribution in [-0.2, 0) is 4.79 Å². The van der Waals surface area contributed by atoms with Crippen molar-refractivity contribution < 1.29 is 4.79 Å². The molecule has 0 aliphatic heterocycles. The molecular formula is C9H15NO. The second-order valence-corrected chi connectivity index (χ2v) is 2.26. The summed E-state index contributed by atoms with van der Waals surface area (Å²) in [4.78, 5) is 10.2. The van der Waals surface area contributed by atoms with Gasteiger partial charge in [-0.25, -0.2) is 0 Å². The highest BCUT2D eigenvalue weighted by atomic mass is 16.1. The molecule has 0 fully saturated rings. The molecule has 0 heterocycles. The molecule has 2 heteroatoms. The van der Waals surface area contributed by atoms with E-state index in [1.54, 1.807) is 6.08 Å². The van der Waals surface area contributed by atoms with E-state index < -0.39 is 0 Å². The van der Waals surface area contributed by atoms with Crippen LogP contribution in [0.3, 0.4) is 0 Å². The predicted molar refractivity (Wildman–Crippen MR) is 47.0 cm³/mol. The molecule has 1 amide bonds. The number of unbranched alkanes of at least 4 members (excludes halogenated alkanes) is 1. The zero-order chi connectivity index (χ0) is 8.53. The Kier molecular flexibility index (Phi) is 6.39. The Balaban J connectivity index is 3.27. The summed E-state index contributed by atoms with van der Waals surface area (Å²) in [5, 5.41) is 0. The first-order valence-electron chi connectivity index (χ1n) is 3.88. The van der Waals surface area contributed by atoms with E-state index >= 15 is 0 Å². The molecule has 0 saturated heterocycles. The van der Waals surface area contributed by atoms with Crippen LogP contribution in [0.1, 0.15) is 26.2 Å². The van der Waals surface area contributed by atoms with Crippen LogP contribution in [0, 0.1) is 0 Å². The topological polar surface area (TPSA) is 43.1 Å². The maximum absolute atomic E-state index is 10.2. The predicted octanol–water partition coefficient (Wildman–Crippen LogP) is 1.77. The second-order valence-electron chi connectivity index (χ2n) is 2.26. The average molecular weight is 153 g/mol. The van der Waals surface area contributed by atoms with Crippen molar-refractivity contribution in [3.05, 3.63) is 24.3 Å². The standard InChI is InChI=1S/C9H15NO/c1-2-3-4-5-6-7-8-9(10)11/h3-4,7-8H,2,5-6H2,1H3,(H2,10,11)/b4-3+,8-7+. The summed E-state index contributed by atoms with van der Waals surface area (Å²) in [6.07, 6.45) is 10.3. The summed E-state index contributed by atoms with van der Waals surface area (Å²) in [5.74, 6) is -0.371. The van der Waals surface area contributed by atoms with Gasteiger partial charge < -0.3 is 5.73 Å². The van der Waals surface area contributed by atoms with Crippen molar-refractivity contribution in [1.82, 2.24) is 0 Å². The van der Waals surface area contributed by atoms with E-state index in [-0.39, 0.29) is 5.91 Å². The quantitative estimate of drug-likeness (QED) is 0.365. The third-order valence-corrected chi connectivity index (χ3v) is 1.18. The van der Waals surface area contributed by atoms with Crippen LogP contribution in [0.25, 0.3) is 0 Å². The largest absolute Gasteiger partial charge is 0.366 e. The monoisotopic (exact) mass is 153 g/mol. The lowest BCUT2D eigenvalue weighted by Crippen LogP contribution is -2.05. The zero-order valence-electron chi connectivity index (χ0n) is 6.92. The molecule has 0 bridgehead atoms. The summed E-state index contributed by atoms with van der Waals surface area (Å²) in [6, 6.07) is 0. The van der Waals surface area contributed by atoms with Gasteiger partial charge in [0.05, 0.1) is 0 Å². The Morgan fingerprint density at radius 3 is 2.45 bits per heavy atom. The number of nitrogens with two attached hydrogens (primary N) is 1. The lowest BCUT2D eigenvalue weighted by Gasteiger charge is -1.84. The normalized spacial score (nSPS) is 11.4. The minimum atomic E-state index is -0.371. The first-order chi connectivity index (χ1) is 5.27. The molecule has 0 aromatic heterocycles. The molecule has 2 nitrogen and oxygen atoms in total. The third kappa shape index (κ3) is 8.95. The van der Waals surface area contributed by atoms with Crippen LogP contribution in [0.4, 0.5) is 0 Å². The molecule has 62 valence electrons. The SMILES string of the molecule is CC/C=C/CC/C=C/C(N)=O. The lowest BCUT2D eigenvalue weighted by molar-refractivity contribution is -0.113. The van der Waals surface area contributed by atoms with Gasteiger partial charge in [0.25, 0.3) is 0 Å². The Morgan fingerprint density at radius 1 is 1.27 bits per heavy atom. The van der Waals surface area contributed by atoms with E-state index in [0.29, 0.717) is 0 Å². The van der Waals surface area contributed by atoms with Crippen LogP contribution < -0.4 is 5.73 Å². The molecule has 0 aliphatic carbocycles. The van der Waals surface area contributed by atoms with Gasteiger partial charge in [-0.05, 0) is 25.3 Å². The summed E-state index contributed by atoms with van der Waals surface area (Å²) < 4.78 is 0. The van der Waals surface area contributed by atoms with Crippen molar-refractivity contribution in [3.8, 4) is 0 Å². The van der Waals surface area contributed by atoms with Gasteiger partial charge in [0, 0.05) is 0 Å². The lowest BCUT2D eigenvalue weighted by atomic mass is 10.2. The number of hydrogen-bond donors (Lipinski definition) is 1. The first kappa shape index (κ1) is 9.95. The fourth-order valence-corrected chi connectivity index (χ4v) is 0.676. The zero-order valence-corrected chi connectivity index (χ0v) is 6.92. The van der Waals surface area contributed by atoms with Crippen molar-refractivity contribution in [2.75, 3.05) is 0 Å². The van der Waals surface area contributed by atoms with Crippen LogP contribution in [0.15, 0.2) is 24.3 Å². The van der Waals surface area contributed by atoms with Crippen molar-refractivity contribution >= 4 is 5.91 Å². The van der Waals surface area contributed by atoms with Gasteiger partial charge in [-0.15, -0.1) is 0 Å². The summed E-state index contributed by atoms with van der Waals surface area (Å²) in [7, 11) is 0. The van der Waals surface area contributed by atoms with Gasteiger partial charge in [-0.1, -0.05) is 25.2 Å². The third-order valence-electron chi connectivity index (χ3n) is 1.18. The fraction of sp³-hybridized carbons (Fsp3) is 0.444. The van der Waals surface area contributed by atoms with Gasteiger partial charge in [-0.3, -0.25) is 4.79 Å². The molecular weight excluding hydrogens is 138 g/mol. The number of rotatable bonds is 5. The smallest absolute Gasteiger partial charge is 0.241 e. The molecule has 0 aromatic carbocycles. The van der Waals surface area contributed by atoms with E-state index in [0.717, 1.165) is 19.3 Å². The van der Waals surface area contributed by atoms with Crippen LogP contribution in [0.2, 0.25) is 0 Å². The Morgan fingerprint density at radius 2 is 1.91 bits per heavy atom. The maximum Gasteiger partial charge on any atom is 0.241 e. The second kappa shape index (κ2) is 7.06. The summed E-state index contributed by atoms with van der Waals surface area (Å²) in [5.41, 5.74) is 4.89. The van der Waals surface area contributed by atoms with E-state index in [4.69, 9.17) is 5.73 Å². The highest BCUT2D eigenvalue weighted by molar-refractivity contribution is 5.85. The highest BCUT2D eigenvalue weighted by Crippen LogP contribution is 1.93. The Bertz CT molecular complexity index is 159. The van der Waals surface area contributed by atoms with Crippen LogP contribution in [-0.4, -0.2) is 5.91 Å². The molecule has 0 radical (unpaired) electrons. The van der Waals surface area contributed by atoms with Gasteiger partial charge in [0.1, 0.15) is 0 Å². The van der Waals surface area contributed by atoms with Crippen LogP contribution in [0.5, 0.6) is 0 Å². The van der Waals surface area contributed by atoms with Crippen molar-refractivity contribution in [2.45, 2.75) is 26.2 Å². The molecule has 0 unspecified atom stereocenters. The number of hydrogen-bond acceptors (Lipinski definition) is 1. The number of carbonyl (C=O) groups is 1. The molecule has 0 saturated carbocycles. The molecule has 0 rings (SSSR count). The van der Waals surface area contributed by atoms with Crippen LogP contribution >= 0.6 is 0 Å². The number of amides is 1. The van der Waals surface area contributed by atoms with Crippen molar-refractivity contribution in [3.63, 3.8) is 0 Å².